The molecule has 3 N–H and O–H groups in total. The molecule has 0 saturated carbocycles. The third-order valence-electron chi connectivity index (χ3n) is 2.50. The minimum absolute atomic E-state index is 0.313. The van der Waals surface area contributed by atoms with Crippen molar-refractivity contribution in [2.45, 2.75) is 6.04 Å². The number of hydrogen-bond acceptors (Lipinski definition) is 8. The van der Waals surface area contributed by atoms with E-state index in [0.717, 1.165) is 0 Å². The van der Waals surface area contributed by atoms with Crippen LogP contribution in [0.4, 0.5) is 0 Å². The zero-order chi connectivity index (χ0) is 13.8. The van der Waals surface area contributed by atoms with Gasteiger partial charge in [-0.15, -0.1) is 0 Å². The zero-order valence-corrected chi connectivity index (χ0v) is 10.9. The van der Waals surface area contributed by atoms with Crippen LogP contribution in [0.2, 0.25) is 0 Å². The minimum Gasteiger partial charge on any atom is -0.480 e. The molecule has 9 nitrogen and oxygen atoms in total. The Hall–Kier alpha value is -2.26. The quantitative estimate of drug-likeness (QED) is 0.532. The number of rotatable bonds is 5. The largest absolute Gasteiger partial charge is 0.480 e. The molecule has 2 rings (SSSR count). The highest BCUT2D eigenvalue weighted by Crippen LogP contribution is 2.26. The van der Waals surface area contributed by atoms with Crippen molar-refractivity contribution in [1.82, 2.24) is 30.4 Å². The summed E-state index contributed by atoms with van der Waals surface area (Å²) >= 11 is 0. The molecule has 0 bridgehead atoms. The summed E-state index contributed by atoms with van der Waals surface area (Å²) in [5.41, 5.74) is 3.74. The maximum absolute atomic E-state index is 5.56. The first kappa shape index (κ1) is 13.2. The van der Waals surface area contributed by atoms with Gasteiger partial charge in [0.2, 0.25) is 11.8 Å². The van der Waals surface area contributed by atoms with Crippen molar-refractivity contribution in [2.24, 2.45) is 12.9 Å². The molecular weight excluding hydrogens is 250 g/mol. The summed E-state index contributed by atoms with van der Waals surface area (Å²) in [6.07, 6.45) is 3.08. The molecule has 0 aromatic carbocycles. The number of aryl methyl sites for hydroxylation is 1. The van der Waals surface area contributed by atoms with Gasteiger partial charge in [0, 0.05) is 7.05 Å². The summed E-state index contributed by atoms with van der Waals surface area (Å²) in [6, 6.07) is -0.470. The molecule has 0 amide bonds. The number of methoxy groups -OCH3 is 2. The topological polar surface area (TPSA) is 113 Å². The van der Waals surface area contributed by atoms with Crippen molar-refractivity contribution >= 4 is 0 Å². The maximum atomic E-state index is 5.56. The average Bonchev–Trinajstić information content (AvgIpc) is 2.86. The van der Waals surface area contributed by atoms with Crippen LogP contribution >= 0.6 is 0 Å². The van der Waals surface area contributed by atoms with Crippen molar-refractivity contribution in [3.8, 4) is 11.8 Å². The van der Waals surface area contributed by atoms with Crippen LogP contribution in [-0.2, 0) is 7.05 Å². The second kappa shape index (κ2) is 5.59. The Morgan fingerprint density at radius 3 is 2.63 bits per heavy atom. The lowest BCUT2D eigenvalue weighted by molar-refractivity contribution is 0.352. The molecule has 0 spiro atoms. The third kappa shape index (κ3) is 2.61. The van der Waals surface area contributed by atoms with Crippen LogP contribution in [0.5, 0.6) is 11.8 Å². The highest BCUT2D eigenvalue weighted by Gasteiger charge is 2.23. The van der Waals surface area contributed by atoms with Gasteiger partial charge in [0.05, 0.1) is 26.6 Å². The summed E-state index contributed by atoms with van der Waals surface area (Å²) in [5, 5.41) is 8.18. The van der Waals surface area contributed by atoms with E-state index in [1.807, 2.05) is 0 Å². The number of ether oxygens (including phenoxy) is 2. The fourth-order valence-electron chi connectivity index (χ4n) is 1.61. The van der Waals surface area contributed by atoms with Crippen LogP contribution in [0.25, 0.3) is 0 Å². The van der Waals surface area contributed by atoms with E-state index >= 15 is 0 Å². The summed E-state index contributed by atoms with van der Waals surface area (Å²) < 4.78 is 10.2. The predicted molar refractivity (Wildman–Crippen MR) is 65.3 cm³/mol. The van der Waals surface area contributed by atoms with Gasteiger partial charge in [-0.25, -0.2) is 10.4 Å². The molecule has 0 saturated heterocycles. The first-order valence-electron chi connectivity index (χ1n) is 5.46. The van der Waals surface area contributed by atoms with E-state index in [1.165, 1.54) is 25.2 Å². The highest BCUT2D eigenvalue weighted by molar-refractivity contribution is 5.30. The average molecular weight is 265 g/mol. The number of hydrazine groups is 1. The van der Waals surface area contributed by atoms with Gasteiger partial charge in [0.1, 0.15) is 17.4 Å². The molecule has 2 aromatic heterocycles. The zero-order valence-electron chi connectivity index (χ0n) is 10.9. The van der Waals surface area contributed by atoms with E-state index in [0.29, 0.717) is 23.1 Å². The molecule has 1 unspecified atom stereocenters. The first-order chi connectivity index (χ1) is 9.19. The SMILES string of the molecule is COc1cnc(C(NN)c2cnn(C)n2)c(OC)n1. The maximum Gasteiger partial charge on any atom is 0.240 e. The van der Waals surface area contributed by atoms with E-state index in [1.54, 1.807) is 13.2 Å². The van der Waals surface area contributed by atoms with Gasteiger partial charge >= 0.3 is 0 Å². The van der Waals surface area contributed by atoms with Gasteiger partial charge in [-0.1, -0.05) is 0 Å². The van der Waals surface area contributed by atoms with Crippen molar-refractivity contribution in [1.29, 1.82) is 0 Å². The van der Waals surface area contributed by atoms with Crippen LogP contribution in [-0.4, -0.2) is 39.2 Å². The Balaban J connectivity index is 2.43. The van der Waals surface area contributed by atoms with Crippen molar-refractivity contribution in [3.63, 3.8) is 0 Å². The van der Waals surface area contributed by atoms with Crippen LogP contribution in [0.1, 0.15) is 17.4 Å². The van der Waals surface area contributed by atoms with Crippen molar-refractivity contribution in [2.75, 3.05) is 14.2 Å². The number of hydrogen-bond donors (Lipinski definition) is 2. The van der Waals surface area contributed by atoms with Crippen LogP contribution in [0.3, 0.4) is 0 Å². The summed E-state index contributed by atoms with van der Waals surface area (Å²) in [4.78, 5) is 9.83. The number of nitrogens with one attached hydrogen (secondary N) is 1. The standard InChI is InChI=1S/C10H15N7O2/c1-17-13-4-6(16-17)8(15-11)9-10(19-3)14-7(18-2)5-12-9/h4-5,8,15H,11H2,1-3H3. The molecule has 0 radical (unpaired) electrons. The lowest BCUT2D eigenvalue weighted by Gasteiger charge is -2.15. The fourth-order valence-corrected chi connectivity index (χ4v) is 1.61. The normalized spacial score (nSPS) is 12.2. The molecule has 2 heterocycles. The van der Waals surface area contributed by atoms with Gasteiger partial charge in [-0.3, -0.25) is 5.84 Å². The molecule has 0 aliphatic heterocycles. The summed E-state index contributed by atoms with van der Waals surface area (Å²) in [6.45, 7) is 0. The van der Waals surface area contributed by atoms with Crippen molar-refractivity contribution in [3.05, 3.63) is 23.8 Å². The molecule has 0 aliphatic rings. The Morgan fingerprint density at radius 2 is 2.11 bits per heavy atom. The smallest absolute Gasteiger partial charge is 0.240 e. The van der Waals surface area contributed by atoms with E-state index < -0.39 is 6.04 Å². The second-order valence-electron chi connectivity index (χ2n) is 3.67. The molecule has 0 fully saturated rings. The summed E-state index contributed by atoms with van der Waals surface area (Å²) in [5.74, 6) is 6.23. The first-order valence-corrected chi connectivity index (χ1v) is 5.46. The van der Waals surface area contributed by atoms with Crippen LogP contribution < -0.4 is 20.7 Å². The molecule has 1 atom stereocenters. The fraction of sp³-hybridized carbons (Fsp3) is 0.400. The highest BCUT2D eigenvalue weighted by atomic mass is 16.5. The van der Waals surface area contributed by atoms with Gasteiger partial charge in [-0.05, 0) is 0 Å². The minimum atomic E-state index is -0.470. The Labute approximate surface area is 109 Å². The molecule has 0 aliphatic carbocycles. The van der Waals surface area contributed by atoms with Crippen LogP contribution in [0, 0.1) is 0 Å². The number of nitrogens with two attached hydrogens (primary N) is 1. The Morgan fingerprint density at radius 1 is 1.32 bits per heavy atom. The van der Waals surface area contributed by atoms with E-state index in [-0.39, 0.29) is 0 Å². The summed E-state index contributed by atoms with van der Waals surface area (Å²) in [7, 11) is 4.72. The second-order valence-corrected chi connectivity index (χ2v) is 3.67. The van der Waals surface area contributed by atoms with Gasteiger partial charge in [0.15, 0.2) is 0 Å². The lowest BCUT2D eigenvalue weighted by Crippen LogP contribution is -2.30. The predicted octanol–water partition coefficient (Wildman–Crippen LogP) is -0.825. The third-order valence-corrected chi connectivity index (χ3v) is 2.50. The molecule has 2 aromatic rings. The number of aromatic nitrogens is 5. The number of nitrogens with zero attached hydrogens (tertiary/aromatic N) is 5. The van der Waals surface area contributed by atoms with Gasteiger partial charge in [-0.2, -0.15) is 20.0 Å². The molecule has 9 heteroatoms. The van der Waals surface area contributed by atoms with E-state index in [9.17, 15) is 0 Å². The van der Waals surface area contributed by atoms with Crippen molar-refractivity contribution < 1.29 is 9.47 Å². The molecule has 102 valence electrons. The lowest BCUT2D eigenvalue weighted by atomic mass is 10.1. The van der Waals surface area contributed by atoms with E-state index in [2.05, 4.69) is 25.6 Å². The monoisotopic (exact) mass is 265 g/mol. The van der Waals surface area contributed by atoms with Gasteiger partial charge in [0.25, 0.3) is 0 Å². The van der Waals surface area contributed by atoms with E-state index in [4.69, 9.17) is 15.3 Å². The molecule has 19 heavy (non-hydrogen) atoms. The van der Waals surface area contributed by atoms with Gasteiger partial charge < -0.3 is 9.47 Å². The Kier molecular flexibility index (Phi) is 3.88. The Bertz CT molecular complexity index is 557. The van der Waals surface area contributed by atoms with Crippen LogP contribution in [0.15, 0.2) is 12.4 Å². The molecular formula is C10H15N7O2.